The predicted molar refractivity (Wildman–Crippen MR) is 133 cm³/mol. The first kappa shape index (κ1) is 25.2. The molecular formula is C26H31ClN4O4. The van der Waals surface area contributed by atoms with Gasteiger partial charge in [-0.2, -0.15) is 0 Å². The fourth-order valence-electron chi connectivity index (χ4n) is 4.38. The monoisotopic (exact) mass is 498 g/mol. The summed E-state index contributed by atoms with van der Waals surface area (Å²) in [5.41, 5.74) is 1.23. The molecule has 2 aromatic carbocycles. The minimum absolute atomic E-state index is 0.0301. The van der Waals surface area contributed by atoms with Crippen LogP contribution in [0.2, 0.25) is 5.02 Å². The van der Waals surface area contributed by atoms with E-state index in [9.17, 15) is 14.4 Å². The van der Waals surface area contributed by atoms with Crippen molar-refractivity contribution in [3.8, 4) is 0 Å². The summed E-state index contributed by atoms with van der Waals surface area (Å²) in [6.07, 6.45) is 0.146. The van der Waals surface area contributed by atoms with Crippen molar-refractivity contribution < 1.29 is 19.1 Å². The van der Waals surface area contributed by atoms with Crippen molar-refractivity contribution in [1.82, 2.24) is 20.0 Å². The Hall–Kier alpha value is -2.94. The number of hydrogen-bond donors (Lipinski definition) is 1. The summed E-state index contributed by atoms with van der Waals surface area (Å²) in [7, 11) is 0. The van der Waals surface area contributed by atoms with Gasteiger partial charge in [0.05, 0.1) is 42.8 Å². The zero-order valence-corrected chi connectivity index (χ0v) is 20.5. The highest BCUT2D eigenvalue weighted by molar-refractivity contribution is 6.33. The number of carbonyl (C=O) groups excluding carboxylic acids is 3. The van der Waals surface area contributed by atoms with Crippen LogP contribution in [0.25, 0.3) is 0 Å². The molecule has 4 rings (SSSR count). The average Bonchev–Trinajstić information content (AvgIpc) is 2.90. The molecule has 0 unspecified atom stereocenters. The largest absolute Gasteiger partial charge is 0.378 e. The van der Waals surface area contributed by atoms with Gasteiger partial charge in [0.2, 0.25) is 11.8 Å². The Morgan fingerprint density at radius 1 is 0.829 bits per heavy atom. The second-order valence-corrected chi connectivity index (χ2v) is 9.18. The van der Waals surface area contributed by atoms with Crippen molar-refractivity contribution in [1.29, 1.82) is 0 Å². The molecule has 186 valence electrons. The van der Waals surface area contributed by atoms with E-state index in [0.29, 0.717) is 69.6 Å². The first-order chi connectivity index (χ1) is 17.0. The molecule has 2 aliphatic heterocycles. The SMILES string of the molecule is O=C(N[C@H](CC(=O)N1CCN(CC(=O)N2CCOCC2)CC1)c1ccccc1)c1ccccc1Cl. The van der Waals surface area contributed by atoms with Gasteiger partial charge in [0.15, 0.2) is 0 Å². The first-order valence-corrected chi connectivity index (χ1v) is 12.3. The van der Waals surface area contributed by atoms with E-state index in [1.165, 1.54) is 0 Å². The molecule has 0 saturated carbocycles. The van der Waals surface area contributed by atoms with Crippen molar-refractivity contribution in [3.63, 3.8) is 0 Å². The molecular weight excluding hydrogens is 468 g/mol. The fourth-order valence-corrected chi connectivity index (χ4v) is 4.60. The van der Waals surface area contributed by atoms with Gasteiger partial charge in [-0.3, -0.25) is 19.3 Å². The second-order valence-electron chi connectivity index (χ2n) is 8.77. The summed E-state index contributed by atoms with van der Waals surface area (Å²) in [4.78, 5) is 44.4. The van der Waals surface area contributed by atoms with E-state index in [0.717, 1.165) is 5.56 Å². The maximum absolute atomic E-state index is 13.2. The molecule has 8 nitrogen and oxygen atoms in total. The molecule has 2 saturated heterocycles. The van der Waals surface area contributed by atoms with Gasteiger partial charge < -0.3 is 19.9 Å². The molecule has 2 heterocycles. The van der Waals surface area contributed by atoms with Crippen molar-refractivity contribution >= 4 is 29.3 Å². The van der Waals surface area contributed by atoms with Crippen molar-refractivity contribution in [3.05, 3.63) is 70.7 Å². The summed E-state index contributed by atoms with van der Waals surface area (Å²) in [5, 5.41) is 3.36. The standard InChI is InChI=1S/C26H31ClN4O4/c27-22-9-5-4-8-21(22)26(34)28-23(20-6-2-1-3-7-20)18-24(32)30-12-10-29(11-13-30)19-25(33)31-14-16-35-17-15-31/h1-9,23H,10-19H2,(H,28,34)/t23-/m1/s1. The summed E-state index contributed by atoms with van der Waals surface area (Å²) in [6, 6.07) is 15.9. The third kappa shape index (κ3) is 6.81. The molecule has 3 amide bonds. The number of morpholine rings is 1. The Bertz CT molecular complexity index is 1020. The van der Waals surface area contributed by atoms with Gasteiger partial charge in [-0.05, 0) is 17.7 Å². The fraction of sp³-hybridized carbons (Fsp3) is 0.423. The Balaban J connectivity index is 1.34. The van der Waals surface area contributed by atoms with E-state index in [-0.39, 0.29) is 24.1 Å². The number of nitrogens with one attached hydrogen (secondary N) is 1. The molecule has 0 spiro atoms. The number of piperazine rings is 1. The first-order valence-electron chi connectivity index (χ1n) is 12.0. The molecule has 2 fully saturated rings. The molecule has 0 radical (unpaired) electrons. The Morgan fingerprint density at radius 2 is 1.46 bits per heavy atom. The molecule has 1 N–H and O–H groups in total. The number of hydrogen-bond acceptors (Lipinski definition) is 5. The minimum Gasteiger partial charge on any atom is -0.378 e. The quantitative estimate of drug-likeness (QED) is 0.633. The number of ether oxygens (including phenoxy) is 1. The highest BCUT2D eigenvalue weighted by Crippen LogP contribution is 2.21. The molecule has 2 aromatic rings. The lowest BCUT2D eigenvalue weighted by molar-refractivity contribution is -0.138. The van der Waals surface area contributed by atoms with Crippen LogP contribution in [-0.4, -0.2) is 91.4 Å². The van der Waals surface area contributed by atoms with Gasteiger partial charge >= 0.3 is 0 Å². The van der Waals surface area contributed by atoms with Gasteiger partial charge in [-0.25, -0.2) is 0 Å². The van der Waals surface area contributed by atoms with Crippen LogP contribution in [0.1, 0.15) is 28.4 Å². The van der Waals surface area contributed by atoms with E-state index >= 15 is 0 Å². The van der Waals surface area contributed by atoms with Gasteiger partial charge in [-0.15, -0.1) is 0 Å². The molecule has 2 aliphatic rings. The van der Waals surface area contributed by atoms with E-state index < -0.39 is 6.04 Å². The van der Waals surface area contributed by atoms with Gasteiger partial charge in [-0.1, -0.05) is 54.1 Å². The number of halogens is 1. The Morgan fingerprint density at radius 3 is 2.14 bits per heavy atom. The van der Waals surface area contributed by atoms with Crippen LogP contribution in [0.4, 0.5) is 0 Å². The molecule has 0 aliphatic carbocycles. The van der Waals surface area contributed by atoms with Crippen LogP contribution in [0.3, 0.4) is 0 Å². The van der Waals surface area contributed by atoms with Gasteiger partial charge in [0.25, 0.3) is 5.91 Å². The van der Waals surface area contributed by atoms with E-state index in [2.05, 4.69) is 10.2 Å². The maximum Gasteiger partial charge on any atom is 0.253 e. The lowest BCUT2D eigenvalue weighted by atomic mass is 10.0. The third-order valence-electron chi connectivity index (χ3n) is 6.45. The smallest absolute Gasteiger partial charge is 0.253 e. The summed E-state index contributed by atoms with van der Waals surface area (Å²) in [5.74, 6) is -0.235. The van der Waals surface area contributed by atoms with E-state index in [1.807, 2.05) is 40.1 Å². The zero-order valence-electron chi connectivity index (χ0n) is 19.7. The van der Waals surface area contributed by atoms with Gasteiger partial charge in [0.1, 0.15) is 0 Å². The molecule has 35 heavy (non-hydrogen) atoms. The summed E-state index contributed by atoms with van der Waals surface area (Å²) >= 11 is 6.20. The molecule has 0 aromatic heterocycles. The van der Waals surface area contributed by atoms with Crippen LogP contribution in [0.15, 0.2) is 54.6 Å². The number of benzene rings is 2. The lowest BCUT2D eigenvalue weighted by Crippen LogP contribution is -2.53. The Labute approximate surface area is 210 Å². The molecule has 0 bridgehead atoms. The molecule has 9 heteroatoms. The summed E-state index contributed by atoms with van der Waals surface area (Å²) < 4.78 is 5.31. The van der Waals surface area contributed by atoms with Crippen LogP contribution in [0, 0.1) is 0 Å². The number of carbonyl (C=O) groups is 3. The third-order valence-corrected chi connectivity index (χ3v) is 6.78. The number of rotatable bonds is 7. The van der Waals surface area contributed by atoms with Crippen LogP contribution in [0.5, 0.6) is 0 Å². The minimum atomic E-state index is -0.478. The molecule has 1 atom stereocenters. The highest BCUT2D eigenvalue weighted by Gasteiger charge is 2.27. The number of nitrogens with zero attached hydrogens (tertiary/aromatic N) is 3. The van der Waals surface area contributed by atoms with Crippen molar-refractivity contribution in [2.24, 2.45) is 0 Å². The Kier molecular flexibility index (Phi) is 8.74. The second kappa shape index (κ2) is 12.2. The van der Waals surface area contributed by atoms with Crippen LogP contribution < -0.4 is 5.32 Å². The van der Waals surface area contributed by atoms with Crippen molar-refractivity contribution in [2.45, 2.75) is 12.5 Å². The summed E-state index contributed by atoms with van der Waals surface area (Å²) in [6.45, 7) is 5.20. The maximum atomic E-state index is 13.2. The van der Waals surface area contributed by atoms with Crippen LogP contribution >= 0.6 is 11.6 Å². The average molecular weight is 499 g/mol. The normalized spacial score (nSPS) is 17.6. The zero-order chi connectivity index (χ0) is 24.6. The van der Waals surface area contributed by atoms with E-state index in [1.54, 1.807) is 24.3 Å². The topological polar surface area (TPSA) is 82.2 Å². The predicted octanol–water partition coefficient (Wildman–Crippen LogP) is 2.20. The van der Waals surface area contributed by atoms with Gasteiger partial charge in [0, 0.05) is 39.3 Å². The van der Waals surface area contributed by atoms with Crippen molar-refractivity contribution in [2.75, 3.05) is 59.0 Å². The van der Waals surface area contributed by atoms with Crippen LogP contribution in [-0.2, 0) is 14.3 Å². The number of amides is 3. The lowest BCUT2D eigenvalue weighted by Gasteiger charge is -2.36. The highest BCUT2D eigenvalue weighted by atomic mass is 35.5. The van der Waals surface area contributed by atoms with E-state index in [4.69, 9.17) is 16.3 Å².